The summed E-state index contributed by atoms with van der Waals surface area (Å²) in [6.45, 7) is 3.79. The summed E-state index contributed by atoms with van der Waals surface area (Å²) in [7, 11) is 0. The molecule has 1 aromatic carbocycles. The van der Waals surface area contributed by atoms with Gasteiger partial charge in [-0.25, -0.2) is 8.78 Å². The van der Waals surface area contributed by atoms with Gasteiger partial charge in [-0.1, -0.05) is 25.3 Å². The first kappa shape index (κ1) is 14.9. The standard InChI is InChI=1S/C17H24F2N2/c18-14-6-7-15(16(19)12-14)17(13-4-2-1-3-5-13)21-10-8-20-9-11-21/h6-7,12-13,17,20H,1-5,8-11H2/t17-/m1/s1. The van der Waals surface area contributed by atoms with Gasteiger partial charge in [-0.05, 0) is 24.8 Å². The van der Waals surface area contributed by atoms with Crippen molar-refractivity contribution in [2.24, 2.45) is 5.92 Å². The Hall–Kier alpha value is -1.00. The number of nitrogens with zero attached hydrogens (tertiary/aromatic N) is 1. The summed E-state index contributed by atoms with van der Waals surface area (Å²) < 4.78 is 27.6. The Balaban J connectivity index is 1.89. The summed E-state index contributed by atoms with van der Waals surface area (Å²) in [6, 6.07) is 4.20. The molecule has 1 atom stereocenters. The fourth-order valence-corrected chi connectivity index (χ4v) is 3.90. The first-order valence-corrected chi connectivity index (χ1v) is 8.15. The molecule has 0 aromatic heterocycles. The molecule has 1 aliphatic heterocycles. The van der Waals surface area contributed by atoms with Gasteiger partial charge < -0.3 is 5.32 Å². The average molecular weight is 294 g/mol. The predicted molar refractivity (Wildman–Crippen MR) is 80.1 cm³/mol. The first-order chi connectivity index (χ1) is 10.3. The second-order valence-corrected chi connectivity index (χ2v) is 6.29. The normalized spacial score (nSPS) is 23.1. The Morgan fingerprint density at radius 3 is 2.43 bits per heavy atom. The Labute approximate surface area is 125 Å². The van der Waals surface area contributed by atoms with Crippen LogP contribution in [0.2, 0.25) is 0 Å². The van der Waals surface area contributed by atoms with Gasteiger partial charge >= 0.3 is 0 Å². The lowest BCUT2D eigenvalue weighted by atomic mass is 9.80. The van der Waals surface area contributed by atoms with E-state index >= 15 is 0 Å². The summed E-state index contributed by atoms with van der Waals surface area (Å²) in [4.78, 5) is 2.39. The highest BCUT2D eigenvalue weighted by molar-refractivity contribution is 5.23. The van der Waals surface area contributed by atoms with E-state index in [9.17, 15) is 8.78 Å². The molecule has 0 spiro atoms. The third-order valence-electron chi connectivity index (χ3n) is 4.92. The highest BCUT2D eigenvalue weighted by atomic mass is 19.1. The van der Waals surface area contributed by atoms with Crippen molar-refractivity contribution >= 4 is 0 Å². The molecule has 1 saturated carbocycles. The lowest BCUT2D eigenvalue weighted by Crippen LogP contribution is -2.47. The molecule has 116 valence electrons. The van der Waals surface area contributed by atoms with E-state index in [1.807, 2.05) is 0 Å². The molecule has 0 radical (unpaired) electrons. The number of halogens is 2. The summed E-state index contributed by atoms with van der Waals surface area (Å²) in [5.74, 6) is -0.375. The molecule has 3 rings (SSSR count). The van der Waals surface area contributed by atoms with Gasteiger partial charge in [0.25, 0.3) is 0 Å². The van der Waals surface area contributed by atoms with Gasteiger partial charge in [-0.15, -0.1) is 0 Å². The van der Waals surface area contributed by atoms with E-state index in [2.05, 4.69) is 10.2 Å². The number of hydrogen-bond acceptors (Lipinski definition) is 2. The number of piperazine rings is 1. The molecule has 4 heteroatoms. The topological polar surface area (TPSA) is 15.3 Å². The van der Waals surface area contributed by atoms with Gasteiger partial charge in [0.1, 0.15) is 11.6 Å². The van der Waals surface area contributed by atoms with Crippen LogP contribution < -0.4 is 5.32 Å². The van der Waals surface area contributed by atoms with Crippen molar-refractivity contribution in [3.63, 3.8) is 0 Å². The van der Waals surface area contributed by atoms with E-state index in [0.717, 1.165) is 45.1 Å². The number of rotatable bonds is 3. The van der Waals surface area contributed by atoms with Crippen LogP contribution in [-0.4, -0.2) is 31.1 Å². The van der Waals surface area contributed by atoms with E-state index in [-0.39, 0.29) is 11.9 Å². The van der Waals surface area contributed by atoms with Crippen molar-refractivity contribution in [2.45, 2.75) is 38.1 Å². The molecule has 2 nitrogen and oxygen atoms in total. The second kappa shape index (κ2) is 6.84. The minimum atomic E-state index is -0.487. The van der Waals surface area contributed by atoms with Crippen LogP contribution in [0, 0.1) is 17.6 Å². The Kier molecular flexibility index (Phi) is 4.86. The smallest absolute Gasteiger partial charge is 0.130 e. The van der Waals surface area contributed by atoms with Crippen molar-refractivity contribution < 1.29 is 8.78 Å². The third kappa shape index (κ3) is 3.43. The molecule has 21 heavy (non-hydrogen) atoms. The van der Waals surface area contributed by atoms with Crippen molar-refractivity contribution in [1.29, 1.82) is 0 Å². The van der Waals surface area contributed by atoms with E-state index in [0.29, 0.717) is 11.5 Å². The summed E-state index contributed by atoms with van der Waals surface area (Å²) in [5, 5.41) is 3.35. The van der Waals surface area contributed by atoms with Crippen LogP contribution in [0.25, 0.3) is 0 Å². The zero-order valence-corrected chi connectivity index (χ0v) is 12.5. The molecule has 2 fully saturated rings. The van der Waals surface area contributed by atoms with Gasteiger partial charge in [0.15, 0.2) is 0 Å². The van der Waals surface area contributed by atoms with Crippen LogP contribution in [0.1, 0.15) is 43.7 Å². The van der Waals surface area contributed by atoms with Crippen LogP contribution in [0.5, 0.6) is 0 Å². The minimum Gasteiger partial charge on any atom is -0.314 e. The summed E-state index contributed by atoms with van der Waals surface area (Å²) in [6.07, 6.45) is 6.07. The largest absolute Gasteiger partial charge is 0.314 e. The van der Waals surface area contributed by atoms with Gasteiger partial charge in [-0.3, -0.25) is 4.90 Å². The van der Waals surface area contributed by atoms with Crippen LogP contribution in [0.15, 0.2) is 18.2 Å². The maximum atomic E-state index is 14.3. The molecule has 1 N–H and O–H groups in total. The van der Waals surface area contributed by atoms with Gasteiger partial charge in [0.05, 0.1) is 0 Å². The number of nitrogens with one attached hydrogen (secondary N) is 1. The SMILES string of the molecule is Fc1ccc([C@@H](C2CCCCC2)N2CCNCC2)c(F)c1. The fraction of sp³-hybridized carbons (Fsp3) is 0.647. The predicted octanol–water partition coefficient (Wildman–Crippen LogP) is 3.49. The zero-order valence-electron chi connectivity index (χ0n) is 12.5. The number of hydrogen-bond donors (Lipinski definition) is 1. The van der Waals surface area contributed by atoms with Gasteiger partial charge in [0, 0.05) is 43.9 Å². The average Bonchev–Trinajstić information content (AvgIpc) is 2.52. The lowest BCUT2D eigenvalue weighted by molar-refractivity contribution is 0.100. The van der Waals surface area contributed by atoms with E-state index in [1.54, 1.807) is 6.07 Å². The molecular weight excluding hydrogens is 270 g/mol. The van der Waals surface area contributed by atoms with Crippen molar-refractivity contribution in [1.82, 2.24) is 10.2 Å². The Morgan fingerprint density at radius 2 is 1.76 bits per heavy atom. The van der Waals surface area contributed by atoms with E-state index in [1.165, 1.54) is 25.3 Å². The van der Waals surface area contributed by atoms with E-state index in [4.69, 9.17) is 0 Å². The number of benzene rings is 1. The fourth-order valence-electron chi connectivity index (χ4n) is 3.90. The minimum absolute atomic E-state index is 0.105. The van der Waals surface area contributed by atoms with Crippen molar-refractivity contribution in [3.8, 4) is 0 Å². The molecule has 2 aliphatic rings. The Morgan fingerprint density at radius 1 is 1.05 bits per heavy atom. The van der Waals surface area contributed by atoms with E-state index < -0.39 is 5.82 Å². The summed E-state index contributed by atoms with van der Waals surface area (Å²) >= 11 is 0. The maximum absolute atomic E-state index is 14.3. The molecule has 0 unspecified atom stereocenters. The van der Waals surface area contributed by atoms with Crippen molar-refractivity contribution in [2.75, 3.05) is 26.2 Å². The zero-order chi connectivity index (χ0) is 14.7. The molecule has 1 aliphatic carbocycles. The monoisotopic (exact) mass is 294 g/mol. The molecular formula is C17H24F2N2. The van der Waals surface area contributed by atoms with Gasteiger partial charge in [0.2, 0.25) is 0 Å². The lowest BCUT2D eigenvalue weighted by Gasteiger charge is -2.41. The van der Waals surface area contributed by atoms with Crippen LogP contribution in [0.4, 0.5) is 8.78 Å². The summed E-state index contributed by atoms with van der Waals surface area (Å²) in [5.41, 5.74) is 0.685. The van der Waals surface area contributed by atoms with Gasteiger partial charge in [-0.2, -0.15) is 0 Å². The molecule has 1 heterocycles. The van der Waals surface area contributed by atoms with Crippen molar-refractivity contribution in [3.05, 3.63) is 35.4 Å². The second-order valence-electron chi connectivity index (χ2n) is 6.29. The maximum Gasteiger partial charge on any atom is 0.130 e. The van der Waals surface area contributed by atoms with Crippen LogP contribution >= 0.6 is 0 Å². The first-order valence-electron chi connectivity index (χ1n) is 8.15. The quantitative estimate of drug-likeness (QED) is 0.918. The Bertz CT molecular complexity index is 448. The van der Waals surface area contributed by atoms with Crippen LogP contribution in [-0.2, 0) is 0 Å². The van der Waals surface area contributed by atoms with Crippen LogP contribution in [0.3, 0.4) is 0 Å². The third-order valence-corrected chi connectivity index (χ3v) is 4.92. The molecule has 0 bridgehead atoms. The highest BCUT2D eigenvalue weighted by Crippen LogP contribution is 2.39. The highest BCUT2D eigenvalue weighted by Gasteiger charge is 2.32. The molecule has 0 amide bonds. The molecule has 1 saturated heterocycles. The molecule has 1 aromatic rings.